The number of allylic oxidation sites excluding steroid dienone is 2. The fourth-order valence-corrected chi connectivity index (χ4v) is 0.750. The third-order valence-corrected chi connectivity index (χ3v) is 1.95. The molecule has 0 bridgehead atoms. The Morgan fingerprint density at radius 2 is 1.60 bits per heavy atom. The monoisotopic (exact) mass is 140 g/mol. The maximum absolute atomic E-state index is 2.33. The summed E-state index contributed by atoms with van der Waals surface area (Å²) in [5, 5.41) is 0. The second kappa shape index (κ2) is 3.23. The van der Waals surface area contributed by atoms with E-state index in [1.54, 1.807) is 0 Å². The molecule has 0 aliphatic rings. The number of rotatable bonds is 1. The summed E-state index contributed by atoms with van der Waals surface area (Å²) in [6.07, 6.45) is 2.33. The van der Waals surface area contributed by atoms with Gasteiger partial charge in [0, 0.05) is 0 Å². The van der Waals surface area contributed by atoms with E-state index in [0.29, 0.717) is 11.3 Å². The third kappa shape index (κ3) is 3.71. The van der Waals surface area contributed by atoms with E-state index in [0.717, 1.165) is 0 Å². The van der Waals surface area contributed by atoms with Gasteiger partial charge < -0.3 is 0 Å². The lowest BCUT2D eigenvalue weighted by molar-refractivity contribution is 0.313. The van der Waals surface area contributed by atoms with Crippen molar-refractivity contribution in [2.75, 3.05) is 0 Å². The maximum Gasteiger partial charge on any atom is -0.0211 e. The van der Waals surface area contributed by atoms with Gasteiger partial charge in [0.15, 0.2) is 0 Å². The molecule has 0 amide bonds. The molecule has 0 spiro atoms. The molecule has 0 heterocycles. The van der Waals surface area contributed by atoms with Gasteiger partial charge in [0.25, 0.3) is 0 Å². The second-order valence-corrected chi connectivity index (χ2v) is 4.40. The molecule has 0 rings (SSSR count). The van der Waals surface area contributed by atoms with Crippen molar-refractivity contribution in [2.45, 2.75) is 41.5 Å². The van der Waals surface area contributed by atoms with Crippen LogP contribution in [0.1, 0.15) is 41.5 Å². The fraction of sp³-hybridized carbons (Fsp3) is 0.800. The first kappa shape index (κ1) is 9.74. The zero-order valence-corrected chi connectivity index (χ0v) is 8.15. The van der Waals surface area contributed by atoms with E-state index in [-0.39, 0.29) is 0 Å². The molecule has 60 valence electrons. The smallest absolute Gasteiger partial charge is 0.0211 e. The highest BCUT2D eigenvalue weighted by molar-refractivity contribution is 4.99. The van der Waals surface area contributed by atoms with E-state index < -0.39 is 0 Å². The van der Waals surface area contributed by atoms with Gasteiger partial charge in [0.05, 0.1) is 0 Å². The molecule has 10 heavy (non-hydrogen) atoms. The van der Waals surface area contributed by atoms with Crippen molar-refractivity contribution in [1.29, 1.82) is 0 Å². The standard InChI is InChI=1S/C10H20/c1-8(2)7-9(3)10(4,5)6/h7,9H,1-6H3. The minimum Gasteiger partial charge on any atom is -0.0825 e. The van der Waals surface area contributed by atoms with Gasteiger partial charge in [0.1, 0.15) is 0 Å². The summed E-state index contributed by atoms with van der Waals surface area (Å²) in [6, 6.07) is 0. The quantitative estimate of drug-likeness (QED) is 0.488. The topological polar surface area (TPSA) is 0 Å². The van der Waals surface area contributed by atoms with Gasteiger partial charge in [-0.15, -0.1) is 0 Å². The first-order valence-corrected chi connectivity index (χ1v) is 3.99. The summed E-state index contributed by atoms with van der Waals surface area (Å²) in [7, 11) is 0. The van der Waals surface area contributed by atoms with Crippen LogP contribution in [-0.2, 0) is 0 Å². The van der Waals surface area contributed by atoms with Crippen LogP contribution in [0.3, 0.4) is 0 Å². The van der Waals surface area contributed by atoms with E-state index >= 15 is 0 Å². The van der Waals surface area contributed by atoms with Crippen LogP contribution in [0.25, 0.3) is 0 Å². The molecule has 0 fully saturated rings. The minimum absolute atomic E-state index is 0.414. The van der Waals surface area contributed by atoms with Crippen molar-refractivity contribution in [2.24, 2.45) is 11.3 Å². The van der Waals surface area contributed by atoms with Gasteiger partial charge in [0.2, 0.25) is 0 Å². The Kier molecular flexibility index (Phi) is 3.14. The molecule has 0 aliphatic carbocycles. The van der Waals surface area contributed by atoms with Gasteiger partial charge in [-0.3, -0.25) is 0 Å². The molecule has 0 aliphatic heterocycles. The summed E-state index contributed by atoms with van der Waals surface area (Å²) in [6.45, 7) is 13.4. The minimum atomic E-state index is 0.414. The van der Waals surface area contributed by atoms with Crippen molar-refractivity contribution < 1.29 is 0 Å². The summed E-state index contributed by atoms with van der Waals surface area (Å²) in [5.74, 6) is 0.678. The predicted molar refractivity (Wildman–Crippen MR) is 48.1 cm³/mol. The highest BCUT2D eigenvalue weighted by atomic mass is 14.2. The Morgan fingerprint density at radius 3 is 1.70 bits per heavy atom. The lowest BCUT2D eigenvalue weighted by Gasteiger charge is -2.24. The van der Waals surface area contributed by atoms with E-state index in [4.69, 9.17) is 0 Å². The molecule has 0 nitrogen and oxygen atoms in total. The lowest BCUT2D eigenvalue weighted by atomic mass is 9.81. The largest absolute Gasteiger partial charge is 0.0825 e. The summed E-state index contributed by atoms with van der Waals surface area (Å²) >= 11 is 0. The van der Waals surface area contributed by atoms with Crippen LogP contribution in [0.2, 0.25) is 0 Å². The first-order chi connectivity index (χ1) is 4.34. The van der Waals surface area contributed by atoms with Crippen molar-refractivity contribution in [3.63, 3.8) is 0 Å². The Hall–Kier alpha value is -0.260. The molecule has 0 aromatic heterocycles. The van der Waals surface area contributed by atoms with Crippen LogP contribution in [0, 0.1) is 11.3 Å². The third-order valence-electron chi connectivity index (χ3n) is 1.95. The second-order valence-electron chi connectivity index (χ2n) is 4.40. The van der Waals surface area contributed by atoms with Crippen LogP contribution in [-0.4, -0.2) is 0 Å². The van der Waals surface area contributed by atoms with Crippen molar-refractivity contribution in [3.8, 4) is 0 Å². The molecular weight excluding hydrogens is 120 g/mol. The van der Waals surface area contributed by atoms with E-state index in [9.17, 15) is 0 Å². The molecule has 1 unspecified atom stereocenters. The van der Waals surface area contributed by atoms with Crippen LogP contribution < -0.4 is 0 Å². The highest BCUT2D eigenvalue weighted by Crippen LogP contribution is 2.26. The number of hydrogen-bond acceptors (Lipinski definition) is 0. The Balaban J connectivity index is 4.11. The van der Waals surface area contributed by atoms with E-state index in [1.165, 1.54) is 5.57 Å². The van der Waals surface area contributed by atoms with Gasteiger partial charge in [-0.1, -0.05) is 39.3 Å². The first-order valence-electron chi connectivity index (χ1n) is 3.99. The highest BCUT2D eigenvalue weighted by Gasteiger charge is 2.16. The van der Waals surface area contributed by atoms with Crippen LogP contribution in [0.5, 0.6) is 0 Å². The molecule has 0 aromatic carbocycles. The average molecular weight is 140 g/mol. The van der Waals surface area contributed by atoms with Gasteiger partial charge in [-0.05, 0) is 25.2 Å². The average Bonchev–Trinajstić information content (AvgIpc) is 1.60. The van der Waals surface area contributed by atoms with E-state index in [2.05, 4.69) is 47.6 Å². The van der Waals surface area contributed by atoms with Crippen LogP contribution >= 0.6 is 0 Å². The summed E-state index contributed by atoms with van der Waals surface area (Å²) < 4.78 is 0. The molecule has 0 saturated heterocycles. The molecule has 0 saturated carbocycles. The normalized spacial score (nSPS) is 14.6. The van der Waals surface area contributed by atoms with Gasteiger partial charge in [-0.25, -0.2) is 0 Å². The van der Waals surface area contributed by atoms with Gasteiger partial charge in [-0.2, -0.15) is 0 Å². The molecule has 0 radical (unpaired) electrons. The zero-order chi connectivity index (χ0) is 8.36. The molecular formula is C10H20. The molecule has 1 atom stereocenters. The van der Waals surface area contributed by atoms with Crippen molar-refractivity contribution in [1.82, 2.24) is 0 Å². The number of hydrogen-bond donors (Lipinski definition) is 0. The maximum atomic E-state index is 2.33. The SMILES string of the molecule is CC(C)=CC(C)C(C)(C)C. The Bertz CT molecular complexity index is 119. The van der Waals surface area contributed by atoms with Gasteiger partial charge >= 0.3 is 0 Å². The lowest BCUT2D eigenvalue weighted by Crippen LogP contribution is -2.14. The fourth-order valence-electron chi connectivity index (χ4n) is 0.750. The van der Waals surface area contributed by atoms with Crippen molar-refractivity contribution in [3.05, 3.63) is 11.6 Å². The summed E-state index contributed by atoms with van der Waals surface area (Å²) in [5.41, 5.74) is 1.83. The van der Waals surface area contributed by atoms with Crippen LogP contribution in [0.4, 0.5) is 0 Å². The molecule has 0 N–H and O–H groups in total. The molecule has 0 heteroatoms. The van der Waals surface area contributed by atoms with Crippen LogP contribution in [0.15, 0.2) is 11.6 Å². The Morgan fingerprint density at radius 1 is 1.20 bits per heavy atom. The predicted octanol–water partition coefficient (Wildman–Crippen LogP) is 3.63. The van der Waals surface area contributed by atoms with Crippen molar-refractivity contribution >= 4 is 0 Å². The zero-order valence-electron chi connectivity index (χ0n) is 8.15. The Labute approximate surface area is 65.3 Å². The van der Waals surface area contributed by atoms with E-state index in [1.807, 2.05) is 0 Å². The summed E-state index contributed by atoms with van der Waals surface area (Å²) in [4.78, 5) is 0. The molecule has 0 aromatic rings.